The van der Waals surface area contributed by atoms with E-state index in [-0.39, 0.29) is 25.0 Å². The molecule has 2 aromatic carbocycles. The second-order valence-corrected chi connectivity index (χ2v) is 11.2. The molecule has 2 saturated heterocycles. The van der Waals surface area contributed by atoms with Gasteiger partial charge in [-0.05, 0) is 61.1 Å². The summed E-state index contributed by atoms with van der Waals surface area (Å²) in [6.07, 6.45) is 2.84. The summed E-state index contributed by atoms with van der Waals surface area (Å²) in [6.45, 7) is 3.63. The highest BCUT2D eigenvalue weighted by molar-refractivity contribution is 7.88. The number of nitriles is 1. The zero-order chi connectivity index (χ0) is 25.2. The van der Waals surface area contributed by atoms with Gasteiger partial charge in [0, 0.05) is 37.4 Å². The summed E-state index contributed by atoms with van der Waals surface area (Å²) in [5.74, 6) is 0.283. The van der Waals surface area contributed by atoms with E-state index in [4.69, 9.17) is 5.26 Å². The smallest absolute Gasteiger partial charge is 0.319 e. The fraction of sp³-hybridized carbons (Fsp3) is 0.400. The number of rotatable bonds is 5. The Labute approximate surface area is 205 Å². The number of carbonyl (C=O) groups is 2. The van der Waals surface area contributed by atoms with E-state index in [2.05, 4.69) is 16.7 Å². The highest BCUT2D eigenvalue weighted by Crippen LogP contribution is 2.29. The number of sulfonamides is 1. The summed E-state index contributed by atoms with van der Waals surface area (Å²) >= 11 is 0. The lowest BCUT2D eigenvalue weighted by Gasteiger charge is -2.37. The minimum atomic E-state index is -3.24. The highest BCUT2D eigenvalue weighted by Gasteiger charge is 2.34. The van der Waals surface area contributed by atoms with Crippen LogP contribution >= 0.6 is 0 Å². The maximum atomic E-state index is 13.1. The lowest BCUT2D eigenvalue weighted by molar-refractivity contribution is 0.0713. The quantitative estimate of drug-likeness (QED) is 0.660. The number of anilines is 1. The largest absolute Gasteiger partial charge is 0.339 e. The number of benzene rings is 2. The number of hydrogen-bond acceptors (Lipinski definition) is 5. The van der Waals surface area contributed by atoms with Crippen LogP contribution in [0.15, 0.2) is 42.5 Å². The summed E-state index contributed by atoms with van der Waals surface area (Å²) < 4.78 is 24.3. The van der Waals surface area contributed by atoms with Crippen LogP contribution in [-0.2, 0) is 10.0 Å². The van der Waals surface area contributed by atoms with E-state index in [1.54, 1.807) is 18.2 Å². The minimum absolute atomic E-state index is 0.0745. The van der Waals surface area contributed by atoms with E-state index in [0.717, 1.165) is 24.7 Å². The molecule has 0 radical (unpaired) electrons. The van der Waals surface area contributed by atoms with Gasteiger partial charge in [-0.3, -0.25) is 4.79 Å². The Morgan fingerprint density at radius 1 is 1.06 bits per heavy atom. The molecule has 0 atom stereocenters. The molecule has 2 N–H and O–H groups in total. The lowest BCUT2D eigenvalue weighted by Crippen LogP contribution is -2.61. The summed E-state index contributed by atoms with van der Waals surface area (Å²) in [5.41, 5.74) is 3.70. The molecule has 0 aromatic heterocycles. The van der Waals surface area contributed by atoms with Crippen molar-refractivity contribution in [2.75, 3.05) is 37.8 Å². The Bertz CT molecular complexity index is 1260. The van der Waals surface area contributed by atoms with Crippen molar-refractivity contribution in [1.29, 1.82) is 5.26 Å². The molecular formula is C25H29N5O4S. The van der Waals surface area contributed by atoms with E-state index in [1.807, 2.05) is 36.1 Å². The molecule has 3 amide bonds. The van der Waals surface area contributed by atoms with Crippen LogP contribution in [0, 0.1) is 18.3 Å². The molecule has 2 aliphatic rings. The molecule has 2 aromatic rings. The molecule has 0 saturated carbocycles. The highest BCUT2D eigenvalue weighted by atomic mass is 32.2. The topological polar surface area (TPSA) is 123 Å². The fourth-order valence-corrected chi connectivity index (χ4v) is 5.36. The van der Waals surface area contributed by atoms with Gasteiger partial charge in [0.05, 0.1) is 23.9 Å². The van der Waals surface area contributed by atoms with E-state index >= 15 is 0 Å². The number of nitrogens with one attached hydrogen (secondary N) is 2. The Kier molecular flexibility index (Phi) is 7.10. The maximum absolute atomic E-state index is 13.1. The normalized spacial score (nSPS) is 17.3. The first-order valence-corrected chi connectivity index (χ1v) is 13.4. The third-order valence-corrected chi connectivity index (χ3v) is 7.91. The lowest BCUT2D eigenvalue weighted by atomic mass is 9.89. The number of likely N-dealkylation sites (tertiary alicyclic amines) is 1. The van der Waals surface area contributed by atoms with Gasteiger partial charge in [0.1, 0.15) is 0 Å². The first-order chi connectivity index (χ1) is 16.6. The van der Waals surface area contributed by atoms with Crippen molar-refractivity contribution in [3.8, 4) is 6.07 Å². The Morgan fingerprint density at radius 2 is 1.71 bits per heavy atom. The molecule has 184 valence electrons. The molecule has 2 fully saturated rings. The van der Waals surface area contributed by atoms with Gasteiger partial charge in [0.2, 0.25) is 10.0 Å². The van der Waals surface area contributed by atoms with Crippen LogP contribution in [0.4, 0.5) is 10.5 Å². The van der Waals surface area contributed by atoms with Gasteiger partial charge < -0.3 is 15.5 Å². The van der Waals surface area contributed by atoms with Crippen LogP contribution in [0.3, 0.4) is 0 Å². The second kappa shape index (κ2) is 10.1. The molecule has 0 bridgehead atoms. The molecular weight excluding hydrogens is 466 g/mol. The predicted molar refractivity (Wildman–Crippen MR) is 133 cm³/mol. The fourth-order valence-electron chi connectivity index (χ4n) is 4.46. The molecule has 4 rings (SSSR count). The van der Waals surface area contributed by atoms with Gasteiger partial charge in [-0.2, -0.15) is 9.57 Å². The van der Waals surface area contributed by atoms with Crippen LogP contribution in [0.2, 0.25) is 0 Å². The van der Waals surface area contributed by atoms with Crippen LogP contribution in [0.5, 0.6) is 0 Å². The number of aryl methyl sites for hydroxylation is 1. The molecule has 10 heteroatoms. The van der Waals surface area contributed by atoms with Gasteiger partial charge in [0.15, 0.2) is 0 Å². The van der Waals surface area contributed by atoms with Crippen LogP contribution in [0.1, 0.15) is 45.8 Å². The number of piperidine rings is 1. The molecule has 35 heavy (non-hydrogen) atoms. The summed E-state index contributed by atoms with van der Waals surface area (Å²) in [4.78, 5) is 27.4. The number of hydrogen-bond donors (Lipinski definition) is 2. The predicted octanol–water partition coefficient (Wildman–Crippen LogP) is 2.65. The van der Waals surface area contributed by atoms with Gasteiger partial charge in [-0.15, -0.1) is 0 Å². The molecule has 2 heterocycles. The van der Waals surface area contributed by atoms with E-state index in [1.165, 1.54) is 9.87 Å². The van der Waals surface area contributed by atoms with Gasteiger partial charge in [-0.25, -0.2) is 13.2 Å². The van der Waals surface area contributed by atoms with E-state index < -0.39 is 16.1 Å². The summed E-state index contributed by atoms with van der Waals surface area (Å²) in [5, 5.41) is 14.5. The van der Waals surface area contributed by atoms with E-state index in [0.29, 0.717) is 35.8 Å². The van der Waals surface area contributed by atoms with Crippen molar-refractivity contribution < 1.29 is 18.0 Å². The monoisotopic (exact) mass is 495 g/mol. The van der Waals surface area contributed by atoms with Crippen molar-refractivity contribution in [3.05, 3.63) is 64.7 Å². The van der Waals surface area contributed by atoms with Gasteiger partial charge in [0.25, 0.3) is 5.91 Å². The Hall–Kier alpha value is -3.42. The van der Waals surface area contributed by atoms with Crippen molar-refractivity contribution in [1.82, 2.24) is 14.5 Å². The molecule has 0 aliphatic carbocycles. The summed E-state index contributed by atoms with van der Waals surface area (Å²) in [6, 6.07) is 14.4. The van der Waals surface area contributed by atoms with Crippen molar-refractivity contribution in [2.24, 2.45) is 0 Å². The van der Waals surface area contributed by atoms with Crippen molar-refractivity contribution >= 4 is 27.6 Å². The standard InChI is InChI=1S/C25H29N5O4S/c1-17-3-6-21(13-23(17)28-25(32)27-22-15-30(16-22)35(2,33)34)24(31)29-11-9-20(10-12-29)19-7-4-18(14-26)5-8-19/h3-8,13,20,22H,9-12,15-16H2,1-2H3,(H2,27,28,32). The average molecular weight is 496 g/mol. The Morgan fingerprint density at radius 3 is 2.31 bits per heavy atom. The molecule has 2 aliphatic heterocycles. The third-order valence-electron chi connectivity index (χ3n) is 6.68. The number of urea groups is 1. The van der Waals surface area contributed by atoms with Crippen molar-refractivity contribution in [3.63, 3.8) is 0 Å². The SMILES string of the molecule is Cc1ccc(C(=O)N2CCC(c3ccc(C#N)cc3)CC2)cc1NC(=O)NC1CN(S(C)(=O)=O)C1. The number of amides is 3. The summed E-state index contributed by atoms with van der Waals surface area (Å²) in [7, 11) is -3.24. The van der Waals surface area contributed by atoms with Gasteiger partial charge >= 0.3 is 6.03 Å². The zero-order valence-corrected chi connectivity index (χ0v) is 20.6. The van der Waals surface area contributed by atoms with Crippen LogP contribution in [0.25, 0.3) is 0 Å². The average Bonchev–Trinajstić information content (AvgIpc) is 2.81. The first kappa shape index (κ1) is 24.7. The van der Waals surface area contributed by atoms with Crippen LogP contribution in [-0.4, -0.2) is 68.0 Å². The maximum Gasteiger partial charge on any atom is 0.319 e. The first-order valence-electron chi connectivity index (χ1n) is 11.6. The Balaban J connectivity index is 1.33. The minimum Gasteiger partial charge on any atom is -0.339 e. The third kappa shape index (κ3) is 5.81. The zero-order valence-electron chi connectivity index (χ0n) is 19.8. The number of carbonyl (C=O) groups excluding carboxylic acids is 2. The molecule has 0 spiro atoms. The van der Waals surface area contributed by atoms with Gasteiger partial charge in [-0.1, -0.05) is 18.2 Å². The molecule has 9 nitrogen and oxygen atoms in total. The van der Waals surface area contributed by atoms with E-state index in [9.17, 15) is 18.0 Å². The van der Waals surface area contributed by atoms with Crippen molar-refractivity contribution in [2.45, 2.75) is 31.7 Å². The number of nitrogens with zero attached hydrogens (tertiary/aromatic N) is 3. The second-order valence-electron chi connectivity index (χ2n) is 9.21. The van der Waals surface area contributed by atoms with Crippen LogP contribution < -0.4 is 10.6 Å². The molecule has 0 unspecified atom stereocenters.